The fraction of sp³-hybridized carbons (Fsp3) is 0.150. The normalized spacial score (nSPS) is 15.3. The van der Waals surface area contributed by atoms with Gasteiger partial charge in [-0.25, -0.2) is 4.79 Å². The van der Waals surface area contributed by atoms with Gasteiger partial charge in [0.05, 0.1) is 29.9 Å². The van der Waals surface area contributed by atoms with Crippen molar-refractivity contribution < 1.29 is 19.1 Å². The second-order valence-electron chi connectivity index (χ2n) is 5.56. The Morgan fingerprint density at radius 2 is 1.96 bits per heavy atom. The Kier molecular flexibility index (Phi) is 5.93. The number of hydrogen-bond donors (Lipinski definition) is 0. The lowest BCUT2D eigenvalue weighted by molar-refractivity contribution is -0.113. The zero-order valence-electron chi connectivity index (χ0n) is 14.8. The Bertz CT molecular complexity index is 922. The van der Waals surface area contributed by atoms with Gasteiger partial charge in [0.1, 0.15) is 5.75 Å². The number of thioether (sulfide) groups is 1. The minimum atomic E-state index is -0.396. The lowest BCUT2D eigenvalue weighted by Gasteiger charge is -2.14. The topological polar surface area (TPSA) is 55.8 Å². The van der Waals surface area contributed by atoms with Crippen molar-refractivity contribution in [3.05, 3.63) is 64.6 Å². The molecule has 3 rings (SSSR count). The molecule has 2 aromatic carbocycles. The third-order valence-corrected chi connectivity index (χ3v) is 5.12. The molecule has 1 aliphatic rings. The number of rotatable bonds is 5. The molecule has 0 bridgehead atoms. The van der Waals surface area contributed by atoms with Gasteiger partial charge in [-0.15, -0.1) is 0 Å². The summed E-state index contributed by atoms with van der Waals surface area (Å²) in [5, 5.41) is 0. The molecule has 27 heavy (non-hydrogen) atoms. The Balaban J connectivity index is 1.83. The SMILES string of the molecule is CCOC(=O)c1ccc(N2C(=O)C(=Cc3cccc(OC)c3)SC2=S)cc1. The number of thiocarbonyl (C=S) groups is 1. The molecule has 0 atom stereocenters. The van der Waals surface area contributed by atoms with E-state index in [0.29, 0.717) is 32.8 Å². The molecule has 0 unspecified atom stereocenters. The third-order valence-electron chi connectivity index (χ3n) is 3.82. The smallest absolute Gasteiger partial charge is 0.338 e. The molecule has 0 N–H and O–H groups in total. The molecular formula is C20H17NO4S2. The van der Waals surface area contributed by atoms with Gasteiger partial charge < -0.3 is 9.47 Å². The number of nitrogens with zero attached hydrogens (tertiary/aromatic N) is 1. The van der Waals surface area contributed by atoms with Crippen LogP contribution in [-0.4, -0.2) is 29.9 Å². The average molecular weight is 399 g/mol. The molecule has 2 aromatic rings. The average Bonchev–Trinajstić information content (AvgIpc) is 2.95. The summed E-state index contributed by atoms with van der Waals surface area (Å²) in [6, 6.07) is 14.1. The molecule has 0 saturated carbocycles. The van der Waals surface area contributed by atoms with Crippen molar-refractivity contribution >= 4 is 51.9 Å². The van der Waals surface area contributed by atoms with E-state index in [1.807, 2.05) is 24.3 Å². The van der Waals surface area contributed by atoms with Gasteiger partial charge in [-0.2, -0.15) is 0 Å². The van der Waals surface area contributed by atoms with Crippen LogP contribution in [0, 0.1) is 0 Å². The fourth-order valence-electron chi connectivity index (χ4n) is 2.53. The number of carbonyl (C=O) groups excluding carboxylic acids is 2. The molecule has 138 valence electrons. The molecule has 1 heterocycles. The van der Waals surface area contributed by atoms with Crippen LogP contribution in [0.25, 0.3) is 6.08 Å². The van der Waals surface area contributed by atoms with E-state index in [0.717, 1.165) is 5.56 Å². The summed E-state index contributed by atoms with van der Waals surface area (Å²) in [6.07, 6.45) is 1.79. The van der Waals surface area contributed by atoms with Gasteiger partial charge in [0.25, 0.3) is 5.91 Å². The van der Waals surface area contributed by atoms with Crippen LogP contribution >= 0.6 is 24.0 Å². The highest BCUT2D eigenvalue weighted by Crippen LogP contribution is 2.36. The van der Waals surface area contributed by atoms with E-state index in [4.69, 9.17) is 21.7 Å². The molecular weight excluding hydrogens is 382 g/mol. The van der Waals surface area contributed by atoms with Crippen LogP contribution in [0.2, 0.25) is 0 Å². The Morgan fingerprint density at radius 1 is 1.22 bits per heavy atom. The highest BCUT2D eigenvalue weighted by molar-refractivity contribution is 8.27. The van der Waals surface area contributed by atoms with Crippen LogP contribution < -0.4 is 9.64 Å². The van der Waals surface area contributed by atoms with Gasteiger partial charge in [0.2, 0.25) is 0 Å². The van der Waals surface area contributed by atoms with E-state index >= 15 is 0 Å². The van der Waals surface area contributed by atoms with Gasteiger partial charge in [-0.05, 0) is 55.0 Å². The summed E-state index contributed by atoms with van der Waals surface area (Å²) < 4.78 is 10.6. The maximum absolute atomic E-state index is 12.8. The number of benzene rings is 2. The minimum absolute atomic E-state index is 0.197. The van der Waals surface area contributed by atoms with E-state index < -0.39 is 5.97 Å². The van der Waals surface area contributed by atoms with E-state index in [2.05, 4.69) is 0 Å². The number of methoxy groups -OCH3 is 1. The summed E-state index contributed by atoms with van der Waals surface area (Å²) in [4.78, 5) is 26.6. The number of hydrogen-bond acceptors (Lipinski definition) is 6. The summed E-state index contributed by atoms with van der Waals surface area (Å²) in [6.45, 7) is 2.06. The Morgan fingerprint density at radius 3 is 2.63 bits per heavy atom. The first-order chi connectivity index (χ1) is 13.0. The largest absolute Gasteiger partial charge is 0.497 e. The third kappa shape index (κ3) is 4.20. The molecule has 1 fully saturated rings. The summed E-state index contributed by atoms with van der Waals surface area (Å²) >= 11 is 6.62. The zero-order chi connectivity index (χ0) is 19.4. The van der Waals surface area contributed by atoms with Crippen molar-refractivity contribution in [1.82, 2.24) is 0 Å². The minimum Gasteiger partial charge on any atom is -0.497 e. The molecule has 1 saturated heterocycles. The van der Waals surface area contributed by atoms with E-state index in [1.165, 1.54) is 16.7 Å². The molecule has 7 heteroatoms. The van der Waals surface area contributed by atoms with Crippen LogP contribution in [-0.2, 0) is 9.53 Å². The molecule has 5 nitrogen and oxygen atoms in total. The van der Waals surface area contributed by atoms with Crippen molar-refractivity contribution in [2.24, 2.45) is 0 Å². The Labute approximate surface area is 167 Å². The van der Waals surface area contributed by atoms with Gasteiger partial charge in [0.15, 0.2) is 4.32 Å². The van der Waals surface area contributed by atoms with Crippen LogP contribution in [0.5, 0.6) is 5.75 Å². The van der Waals surface area contributed by atoms with Crippen molar-refractivity contribution in [3.8, 4) is 5.75 Å². The van der Waals surface area contributed by atoms with Crippen LogP contribution in [0.3, 0.4) is 0 Å². The van der Waals surface area contributed by atoms with Crippen molar-refractivity contribution in [3.63, 3.8) is 0 Å². The number of ether oxygens (including phenoxy) is 2. The number of anilines is 1. The van der Waals surface area contributed by atoms with Crippen LogP contribution in [0.15, 0.2) is 53.4 Å². The molecule has 1 amide bonds. The first kappa shape index (κ1) is 19.1. The summed E-state index contributed by atoms with van der Waals surface area (Å²) in [5.41, 5.74) is 1.89. The predicted molar refractivity (Wildman–Crippen MR) is 111 cm³/mol. The molecule has 0 aliphatic carbocycles. The second kappa shape index (κ2) is 8.37. The van der Waals surface area contributed by atoms with Gasteiger partial charge >= 0.3 is 5.97 Å². The van der Waals surface area contributed by atoms with E-state index in [9.17, 15) is 9.59 Å². The molecule has 0 radical (unpaired) electrons. The van der Waals surface area contributed by atoms with E-state index in [-0.39, 0.29) is 5.91 Å². The first-order valence-corrected chi connectivity index (χ1v) is 9.45. The standard InChI is InChI=1S/C20H17NO4S2/c1-3-25-19(23)14-7-9-15(10-8-14)21-18(22)17(27-20(21)26)12-13-5-4-6-16(11-13)24-2/h4-12H,3H2,1-2H3. The van der Waals surface area contributed by atoms with Crippen molar-refractivity contribution in [1.29, 1.82) is 0 Å². The molecule has 0 spiro atoms. The zero-order valence-corrected chi connectivity index (χ0v) is 16.4. The van der Waals surface area contributed by atoms with E-state index in [1.54, 1.807) is 44.4 Å². The number of esters is 1. The highest BCUT2D eigenvalue weighted by Gasteiger charge is 2.33. The number of carbonyl (C=O) groups is 2. The van der Waals surface area contributed by atoms with Crippen LogP contribution in [0.4, 0.5) is 5.69 Å². The lowest BCUT2D eigenvalue weighted by Crippen LogP contribution is -2.27. The quantitative estimate of drug-likeness (QED) is 0.425. The predicted octanol–water partition coefficient (Wildman–Crippen LogP) is 4.28. The summed E-state index contributed by atoms with van der Waals surface area (Å²) in [5.74, 6) is 0.123. The van der Waals surface area contributed by atoms with Crippen LogP contribution in [0.1, 0.15) is 22.8 Å². The van der Waals surface area contributed by atoms with Gasteiger partial charge in [0, 0.05) is 0 Å². The first-order valence-electron chi connectivity index (χ1n) is 8.22. The van der Waals surface area contributed by atoms with Gasteiger partial charge in [-0.1, -0.05) is 36.1 Å². The molecule has 0 aromatic heterocycles. The maximum atomic E-state index is 12.8. The van der Waals surface area contributed by atoms with Crippen molar-refractivity contribution in [2.45, 2.75) is 6.92 Å². The van der Waals surface area contributed by atoms with Crippen molar-refractivity contribution in [2.75, 3.05) is 18.6 Å². The molecule has 1 aliphatic heterocycles. The number of amides is 1. The second-order valence-corrected chi connectivity index (χ2v) is 7.24. The lowest BCUT2D eigenvalue weighted by atomic mass is 10.2. The van der Waals surface area contributed by atoms with Gasteiger partial charge in [-0.3, -0.25) is 9.69 Å². The monoisotopic (exact) mass is 399 g/mol. The highest BCUT2D eigenvalue weighted by atomic mass is 32.2. The summed E-state index contributed by atoms with van der Waals surface area (Å²) in [7, 11) is 1.60. The maximum Gasteiger partial charge on any atom is 0.338 e. The fourth-order valence-corrected chi connectivity index (χ4v) is 3.83. The Hall–Kier alpha value is -2.64.